The molecular weight excluding hydrogens is 274 g/mol. The van der Waals surface area contributed by atoms with E-state index in [1.165, 1.54) is 0 Å². The Balaban J connectivity index is 2.09. The van der Waals surface area contributed by atoms with Crippen LogP contribution in [0.15, 0.2) is 49.2 Å². The van der Waals surface area contributed by atoms with Crippen molar-refractivity contribution in [1.82, 2.24) is 9.88 Å². The molecule has 0 aliphatic carbocycles. The smallest absolute Gasteiger partial charge is 0.258 e. The Bertz CT molecular complexity index is 838. The number of amides is 1. The summed E-state index contributed by atoms with van der Waals surface area (Å²) >= 11 is 0. The van der Waals surface area contributed by atoms with Crippen LogP contribution >= 0.6 is 0 Å². The third-order valence-electron chi connectivity index (χ3n) is 4.16. The highest BCUT2D eigenvalue weighted by Gasteiger charge is 2.35. The van der Waals surface area contributed by atoms with Crippen molar-refractivity contribution in [3.8, 4) is 0 Å². The summed E-state index contributed by atoms with van der Waals surface area (Å²) in [6.07, 6.45) is 5.68. The number of aromatic nitrogens is 1. The first-order valence-electron chi connectivity index (χ1n) is 7.19. The van der Waals surface area contributed by atoms with E-state index in [4.69, 9.17) is 0 Å². The molecule has 0 bridgehead atoms. The minimum Gasteiger partial charge on any atom is -0.321 e. The number of rotatable bonds is 2. The number of hydrogen-bond donors (Lipinski definition) is 0. The molecule has 3 heterocycles. The van der Waals surface area contributed by atoms with Crippen molar-refractivity contribution in [2.45, 2.75) is 0 Å². The van der Waals surface area contributed by atoms with E-state index < -0.39 is 0 Å². The standard InChI is InChI=1S/C18H15N3O/c1-3-10-21-14-8-4-7-13-16(14)15(20(2)18(13)22)11-12-6-5-9-19-17(12)21/h3-9,11H,1,10H2,2H3. The predicted octanol–water partition coefficient (Wildman–Crippen LogP) is 3.30. The summed E-state index contributed by atoms with van der Waals surface area (Å²) in [6, 6.07) is 9.77. The average Bonchev–Trinajstić information content (AvgIpc) is 2.71. The van der Waals surface area contributed by atoms with Gasteiger partial charge >= 0.3 is 0 Å². The van der Waals surface area contributed by atoms with E-state index in [9.17, 15) is 4.79 Å². The number of carbonyl (C=O) groups is 1. The average molecular weight is 289 g/mol. The first-order valence-corrected chi connectivity index (χ1v) is 7.19. The van der Waals surface area contributed by atoms with Gasteiger partial charge in [-0.1, -0.05) is 12.1 Å². The van der Waals surface area contributed by atoms with E-state index in [-0.39, 0.29) is 5.91 Å². The molecular formula is C18H15N3O. The van der Waals surface area contributed by atoms with Gasteiger partial charge in [-0.25, -0.2) is 4.98 Å². The summed E-state index contributed by atoms with van der Waals surface area (Å²) in [5.74, 6) is 0.924. The molecule has 0 fully saturated rings. The number of nitrogens with zero attached hydrogens (tertiary/aromatic N) is 3. The molecule has 1 amide bonds. The molecule has 1 aromatic heterocycles. The van der Waals surface area contributed by atoms with Gasteiger partial charge < -0.3 is 9.80 Å². The number of benzene rings is 1. The Morgan fingerprint density at radius 3 is 2.95 bits per heavy atom. The molecule has 0 saturated carbocycles. The summed E-state index contributed by atoms with van der Waals surface area (Å²) in [7, 11) is 1.82. The Morgan fingerprint density at radius 1 is 1.27 bits per heavy atom. The van der Waals surface area contributed by atoms with Crippen LogP contribution in [0.4, 0.5) is 11.5 Å². The Labute approximate surface area is 129 Å². The fourth-order valence-electron chi connectivity index (χ4n) is 3.16. The largest absolute Gasteiger partial charge is 0.321 e. The molecule has 0 atom stereocenters. The second-order valence-corrected chi connectivity index (χ2v) is 5.41. The van der Waals surface area contributed by atoms with E-state index in [2.05, 4.69) is 16.5 Å². The van der Waals surface area contributed by atoms with Gasteiger partial charge in [0.05, 0.1) is 16.9 Å². The van der Waals surface area contributed by atoms with Crippen molar-refractivity contribution in [2.24, 2.45) is 0 Å². The third-order valence-corrected chi connectivity index (χ3v) is 4.16. The second-order valence-electron chi connectivity index (χ2n) is 5.41. The number of hydrogen-bond acceptors (Lipinski definition) is 3. The van der Waals surface area contributed by atoms with Gasteiger partial charge in [0.15, 0.2) is 0 Å². The summed E-state index contributed by atoms with van der Waals surface area (Å²) < 4.78 is 0. The molecule has 2 aliphatic heterocycles. The van der Waals surface area contributed by atoms with Crippen LogP contribution in [-0.4, -0.2) is 29.4 Å². The highest BCUT2D eigenvalue weighted by Crippen LogP contribution is 2.44. The molecule has 0 saturated heterocycles. The molecule has 0 N–H and O–H groups in total. The van der Waals surface area contributed by atoms with E-state index in [0.29, 0.717) is 6.54 Å². The number of anilines is 2. The van der Waals surface area contributed by atoms with E-state index in [0.717, 1.165) is 33.9 Å². The molecule has 1 aromatic carbocycles. The summed E-state index contributed by atoms with van der Waals surface area (Å²) in [5.41, 5.74) is 4.65. The van der Waals surface area contributed by atoms with Crippen LogP contribution in [0.3, 0.4) is 0 Å². The summed E-state index contributed by atoms with van der Waals surface area (Å²) in [4.78, 5) is 20.8. The molecule has 2 aromatic rings. The maximum atomic E-state index is 12.5. The van der Waals surface area contributed by atoms with Gasteiger partial charge in [0.25, 0.3) is 5.91 Å². The van der Waals surface area contributed by atoms with E-state index >= 15 is 0 Å². The number of carbonyl (C=O) groups excluding carboxylic acids is 1. The minimum absolute atomic E-state index is 0.0361. The van der Waals surface area contributed by atoms with Crippen molar-refractivity contribution in [3.63, 3.8) is 0 Å². The van der Waals surface area contributed by atoms with Crippen molar-refractivity contribution >= 4 is 29.2 Å². The Kier molecular flexibility index (Phi) is 2.66. The summed E-state index contributed by atoms with van der Waals surface area (Å²) in [5, 5.41) is 0. The maximum absolute atomic E-state index is 12.5. The molecule has 4 heteroatoms. The van der Waals surface area contributed by atoms with Crippen molar-refractivity contribution in [3.05, 3.63) is 65.9 Å². The van der Waals surface area contributed by atoms with Crippen molar-refractivity contribution in [2.75, 3.05) is 18.5 Å². The molecule has 4 nitrogen and oxygen atoms in total. The lowest BCUT2D eigenvalue weighted by atomic mass is 10.0. The van der Waals surface area contributed by atoms with Gasteiger partial charge in [-0.05, 0) is 30.3 Å². The predicted molar refractivity (Wildman–Crippen MR) is 87.8 cm³/mol. The number of fused-ring (bicyclic) bond motifs is 1. The normalized spacial score (nSPS) is 15.1. The number of pyridine rings is 1. The molecule has 0 spiro atoms. The van der Waals surface area contributed by atoms with Crippen LogP contribution in [0.5, 0.6) is 0 Å². The van der Waals surface area contributed by atoms with Crippen LogP contribution in [0.25, 0.3) is 11.8 Å². The quantitative estimate of drug-likeness (QED) is 0.796. The van der Waals surface area contributed by atoms with Gasteiger partial charge in [0.1, 0.15) is 5.82 Å². The monoisotopic (exact) mass is 289 g/mol. The van der Waals surface area contributed by atoms with Crippen LogP contribution in [0, 0.1) is 0 Å². The Morgan fingerprint density at radius 2 is 2.14 bits per heavy atom. The summed E-state index contributed by atoms with van der Waals surface area (Å²) in [6.45, 7) is 4.49. The lowest BCUT2D eigenvalue weighted by Gasteiger charge is -2.24. The van der Waals surface area contributed by atoms with Crippen LogP contribution in [0.1, 0.15) is 21.5 Å². The van der Waals surface area contributed by atoms with Gasteiger partial charge in [0.2, 0.25) is 0 Å². The Hall–Kier alpha value is -2.88. The minimum atomic E-state index is 0.0361. The highest BCUT2D eigenvalue weighted by atomic mass is 16.2. The molecule has 2 aliphatic rings. The van der Waals surface area contributed by atoms with Crippen LogP contribution < -0.4 is 4.90 Å². The molecule has 4 rings (SSSR count). The second kappa shape index (κ2) is 4.56. The maximum Gasteiger partial charge on any atom is 0.258 e. The topological polar surface area (TPSA) is 36.4 Å². The zero-order valence-electron chi connectivity index (χ0n) is 12.3. The fourth-order valence-corrected chi connectivity index (χ4v) is 3.16. The van der Waals surface area contributed by atoms with Gasteiger partial charge in [0, 0.05) is 30.9 Å². The van der Waals surface area contributed by atoms with Gasteiger partial charge in [-0.3, -0.25) is 4.79 Å². The molecule has 22 heavy (non-hydrogen) atoms. The van der Waals surface area contributed by atoms with Gasteiger partial charge in [-0.2, -0.15) is 0 Å². The van der Waals surface area contributed by atoms with Crippen molar-refractivity contribution in [1.29, 1.82) is 0 Å². The first kappa shape index (κ1) is 12.8. The zero-order chi connectivity index (χ0) is 15.3. The molecule has 0 unspecified atom stereocenters. The molecule has 108 valence electrons. The first-order chi connectivity index (χ1) is 10.7. The third kappa shape index (κ3) is 1.58. The van der Waals surface area contributed by atoms with Crippen LogP contribution in [0.2, 0.25) is 0 Å². The van der Waals surface area contributed by atoms with E-state index in [1.54, 1.807) is 11.1 Å². The van der Waals surface area contributed by atoms with Crippen molar-refractivity contribution < 1.29 is 4.79 Å². The zero-order valence-corrected chi connectivity index (χ0v) is 12.3. The molecule has 0 radical (unpaired) electrons. The van der Waals surface area contributed by atoms with Crippen LogP contribution in [-0.2, 0) is 0 Å². The van der Waals surface area contributed by atoms with E-state index in [1.807, 2.05) is 49.5 Å². The lowest BCUT2D eigenvalue weighted by Crippen LogP contribution is -2.19. The van der Waals surface area contributed by atoms with Gasteiger partial charge in [-0.15, -0.1) is 6.58 Å². The fraction of sp³-hybridized carbons (Fsp3) is 0.111. The highest BCUT2D eigenvalue weighted by molar-refractivity contribution is 6.15. The SMILES string of the molecule is C=CCN1c2cccc3c2C(=Cc2cccnc21)N(C)C3=O. The lowest BCUT2D eigenvalue weighted by molar-refractivity contribution is 0.0875.